The van der Waals surface area contributed by atoms with Gasteiger partial charge in [-0.15, -0.1) is 11.3 Å². The van der Waals surface area contributed by atoms with Gasteiger partial charge in [-0.2, -0.15) is 0 Å². The van der Waals surface area contributed by atoms with E-state index in [1.807, 2.05) is 29.8 Å². The number of rotatable bonds is 3. The summed E-state index contributed by atoms with van der Waals surface area (Å²) in [6, 6.07) is 5.78. The number of aliphatic hydroxyl groups is 1. The van der Waals surface area contributed by atoms with Gasteiger partial charge in [-0.25, -0.2) is 4.98 Å². The molecule has 1 aromatic carbocycles. The zero-order valence-corrected chi connectivity index (χ0v) is 12.6. The molecular formula is C14H16ClN3OS. The first-order valence-corrected chi connectivity index (χ1v) is 7.83. The van der Waals surface area contributed by atoms with Crippen LogP contribution in [0.3, 0.4) is 0 Å². The Morgan fingerprint density at radius 2 is 1.95 bits per heavy atom. The number of halogens is 1. The maximum Gasteiger partial charge on any atom is 0.185 e. The Labute approximate surface area is 127 Å². The highest BCUT2D eigenvalue weighted by Crippen LogP contribution is 2.29. The van der Waals surface area contributed by atoms with Crippen LogP contribution in [0.15, 0.2) is 29.8 Å². The fourth-order valence-electron chi connectivity index (χ4n) is 2.51. The second-order valence-electron chi connectivity index (χ2n) is 4.68. The predicted octanol–water partition coefficient (Wildman–Crippen LogP) is 2.62. The highest BCUT2D eigenvalue weighted by atomic mass is 35.5. The smallest absolute Gasteiger partial charge is 0.185 e. The molecule has 1 saturated heterocycles. The van der Waals surface area contributed by atoms with E-state index < -0.39 is 0 Å². The summed E-state index contributed by atoms with van der Waals surface area (Å²) in [5.74, 6) is 0. The minimum absolute atomic E-state index is 0.0261. The van der Waals surface area contributed by atoms with E-state index in [2.05, 4.69) is 14.8 Å². The second-order valence-corrected chi connectivity index (χ2v) is 5.96. The van der Waals surface area contributed by atoms with E-state index in [9.17, 15) is 5.11 Å². The van der Waals surface area contributed by atoms with Gasteiger partial charge in [0.2, 0.25) is 0 Å². The van der Waals surface area contributed by atoms with Gasteiger partial charge in [0.15, 0.2) is 5.13 Å². The molecule has 106 valence electrons. The van der Waals surface area contributed by atoms with Crippen LogP contribution in [-0.4, -0.2) is 36.3 Å². The molecule has 20 heavy (non-hydrogen) atoms. The summed E-state index contributed by atoms with van der Waals surface area (Å²) in [7, 11) is 0. The summed E-state index contributed by atoms with van der Waals surface area (Å²) in [4.78, 5) is 8.93. The van der Waals surface area contributed by atoms with Crippen molar-refractivity contribution < 1.29 is 5.11 Å². The zero-order valence-electron chi connectivity index (χ0n) is 11.0. The predicted molar refractivity (Wildman–Crippen MR) is 83.9 cm³/mol. The van der Waals surface area contributed by atoms with Crippen LogP contribution < -0.4 is 9.80 Å². The fraction of sp³-hybridized carbons (Fsp3) is 0.357. The standard InChI is InChI=1S/C14H16ClN3OS/c15-12-2-1-3-13(11(12)10-19)17-5-7-18(8-6-17)14-16-4-9-20-14/h1-4,9,19H,5-8,10H2. The number of nitrogens with zero attached hydrogens (tertiary/aromatic N) is 3. The van der Waals surface area contributed by atoms with Crippen LogP contribution in [0.25, 0.3) is 0 Å². The molecule has 1 N–H and O–H groups in total. The molecule has 0 atom stereocenters. The molecule has 2 aromatic rings. The van der Waals surface area contributed by atoms with Crippen molar-refractivity contribution in [3.63, 3.8) is 0 Å². The lowest BCUT2D eigenvalue weighted by Crippen LogP contribution is -2.46. The van der Waals surface area contributed by atoms with Gasteiger partial charge in [-0.3, -0.25) is 0 Å². The van der Waals surface area contributed by atoms with Gasteiger partial charge >= 0.3 is 0 Å². The molecule has 6 heteroatoms. The van der Waals surface area contributed by atoms with E-state index in [1.165, 1.54) is 0 Å². The van der Waals surface area contributed by atoms with E-state index >= 15 is 0 Å². The van der Waals surface area contributed by atoms with Crippen LogP contribution >= 0.6 is 22.9 Å². The zero-order chi connectivity index (χ0) is 13.9. The third kappa shape index (κ3) is 2.61. The number of benzene rings is 1. The summed E-state index contributed by atoms with van der Waals surface area (Å²) in [6.45, 7) is 3.66. The maximum absolute atomic E-state index is 9.50. The van der Waals surface area contributed by atoms with Crippen LogP contribution in [0.1, 0.15) is 5.56 Å². The molecule has 3 rings (SSSR count). The van der Waals surface area contributed by atoms with E-state index in [0.29, 0.717) is 5.02 Å². The second kappa shape index (κ2) is 5.99. The van der Waals surface area contributed by atoms with Crippen molar-refractivity contribution >= 4 is 33.8 Å². The van der Waals surface area contributed by atoms with E-state index in [0.717, 1.165) is 42.6 Å². The Kier molecular flexibility index (Phi) is 4.10. The van der Waals surface area contributed by atoms with Crippen LogP contribution in [0.4, 0.5) is 10.8 Å². The van der Waals surface area contributed by atoms with Crippen molar-refractivity contribution in [2.45, 2.75) is 6.61 Å². The van der Waals surface area contributed by atoms with Crippen LogP contribution in [0.2, 0.25) is 5.02 Å². The number of anilines is 2. The van der Waals surface area contributed by atoms with Gasteiger partial charge in [-0.1, -0.05) is 17.7 Å². The lowest BCUT2D eigenvalue weighted by atomic mass is 10.1. The van der Waals surface area contributed by atoms with Gasteiger partial charge in [0.25, 0.3) is 0 Å². The van der Waals surface area contributed by atoms with Crippen LogP contribution in [0, 0.1) is 0 Å². The van der Waals surface area contributed by atoms with E-state index in [4.69, 9.17) is 11.6 Å². The summed E-state index contributed by atoms with van der Waals surface area (Å²) in [5, 5.41) is 13.2. The average molecular weight is 310 g/mol. The summed E-state index contributed by atoms with van der Waals surface area (Å²) in [6.07, 6.45) is 1.84. The average Bonchev–Trinajstić information content (AvgIpc) is 3.01. The molecule has 0 aliphatic carbocycles. The molecule has 1 fully saturated rings. The molecule has 2 heterocycles. The number of thiazole rings is 1. The van der Waals surface area contributed by atoms with Gasteiger partial charge in [0.05, 0.1) is 6.61 Å². The molecule has 0 unspecified atom stereocenters. The normalized spacial score (nSPS) is 15.7. The third-order valence-corrected chi connectivity index (χ3v) is 4.75. The fourth-order valence-corrected chi connectivity index (χ4v) is 3.44. The number of aliphatic hydroxyl groups excluding tert-OH is 1. The molecule has 1 aliphatic rings. The molecule has 0 saturated carbocycles. The lowest BCUT2D eigenvalue weighted by Gasteiger charge is -2.36. The molecule has 0 amide bonds. The molecule has 0 radical (unpaired) electrons. The minimum Gasteiger partial charge on any atom is -0.392 e. The monoisotopic (exact) mass is 309 g/mol. The number of hydrogen-bond acceptors (Lipinski definition) is 5. The minimum atomic E-state index is -0.0261. The summed E-state index contributed by atoms with van der Waals surface area (Å²) in [5.41, 5.74) is 1.86. The Morgan fingerprint density at radius 3 is 2.60 bits per heavy atom. The van der Waals surface area contributed by atoms with Gasteiger partial charge in [-0.05, 0) is 12.1 Å². The number of hydrogen-bond donors (Lipinski definition) is 1. The van der Waals surface area contributed by atoms with E-state index in [1.54, 1.807) is 11.3 Å². The maximum atomic E-state index is 9.50. The molecule has 0 bridgehead atoms. The molecular weight excluding hydrogens is 294 g/mol. The van der Waals surface area contributed by atoms with Crippen LogP contribution in [0.5, 0.6) is 0 Å². The largest absolute Gasteiger partial charge is 0.392 e. The topological polar surface area (TPSA) is 39.6 Å². The van der Waals surface area contributed by atoms with Crippen molar-refractivity contribution in [1.29, 1.82) is 0 Å². The Balaban J connectivity index is 1.74. The third-order valence-electron chi connectivity index (χ3n) is 3.56. The van der Waals surface area contributed by atoms with Crippen LogP contribution in [-0.2, 0) is 6.61 Å². The lowest BCUT2D eigenvalue weighted by molar-refractivity contribution is 0.282. The highest BCUT2D eigenvalue weighted by molar-refractivity contribution is 7.13. The molecule has 1 aliphatic heterocycles. The van der Waals surface area contributed by atoms with Crippen molar-refractivity contribution in [3.05, 3.63) is 40.4 Å². The van der Waals surface area contributed by atoms with E-state index in [-0.39, 0.29) is 6.61 Å². The summed E-state index contributed by atoms with van der Waals surface area (Å²) < 4.78 is 0. The molecule has 1 aromatic heterocycles. The van der Waals surface area contributed by atoms with Gasteiger partial charge in [0.1, 0.15) is 0 Å². The number of aromatic nitrogens is 1. The van der Waals surface area contributed by atoms with Gasteiger partial charge in [0, 0.05) is 54.0 Å². The van der Waals surface area contributed by atoms with Crippen molar-refractivity contribution in [2.24, 2.45) is 0 Å². The SMILES string of the molecule is OCc1c(Cl)cccc1N1CCN(c2nccs2)CC1. The first kappa shape index (κ1) is 13.7. The Bertz CT molecular complexity index is 568. The highest BCUT2D eigenvalue weighted by Gasteiger charge is 2.21. The Morgan fingerprint density at radius 1 is 1.20 bits per heavy atom. The molecule has 4 nitrogen and oxygen atoms in total. The van der Waals surface area contributed by atoms with Crippen molar-refractivity contribution in [3.8, 4) is 0 Å². The summed E-state index contributed by atoms with van der Waals surface area (Å²) >= 11 is 7.83. The Hall–Kier alpha value is -1.30. The van der Waals surface area contributed by atoms with Gasteiger partial charge < -0.3 is 14.9 Å². The van der Waals surface area contributed by atoms with Crippen molar-refractivity contribution in [2.75, 3.05) is 36.0 Å². The molecule has 0 spiro atoms. The first-order valence-electron chi connectivity index (χ1n) is 6.57. The number of piperazine rings is 1. The van der Waals surface area contributed by atoms with Crippen molar-refractivity contribution in [1.82, 2.24) is 4.98 Å². The first-order chi connectivity index (χ1) is 9.79. The quantitative estimate of drug-likeness (QED) is 0.946.